The second-order valence-corrected chi connectivity index (χ2v) is 5.76. The molecule has 0 spiro atoms. The molecule has 0 aliphatic carbocycles. The van der Waals surface area contributed by atoms with Crippen molar-refractivity contribution >= 4 is 34.9 Å². The molecule has 0 radical (unpaired) electrons. The van der Waals surface area contributed by atoms with Crippen molar-refractivity contribution in [3.8, 4) is 0 Å². The van der Waals surface area contributed by atoms with E-state index in [0.29, 0.717) is 16.4 Å². The van der Waals surface area contributed by atoms with E-state index in [1.54, 1.807) is 24.3 Å². The van der Waals surface area contributed by atoms with Crippen molar-refractivity contribution in [3.63, 3.8) is 0 Å². The number of aromatic nitrogens is 5. The zero-order valence-corrected chi connectivity index (χ0v) is 13.3. The third-order valence-electron chi connectivity index (χ3n) is 3.05. The topological polar surface area (TPSA) is 122 Å². The number of aromatic amines is 1. The molecule has 3 rings (SSSR count). The van der Waals surface area contributed by atoms with Crippen LogP contribution in [0.1, 0.15) is 17.3 Å². The van der Waals surface area contributed by atoms with Crippen LogP contribution >= 0.6 is 11.8 Å². The number of ketones is 1. The van der Waals surface area contributed by atoms with Gasteiger partial charge < -0.3 is 5.32 Å². The summed E-state index contributed by atoms with van der Waals surface area (Å²) in [5.41, 5.74) is 0.801. The van der Waals surface area contributed by atoms with Gasteiger partial charge in [0.25, 0.3) is 11.3 Å². The molecule has 2 aromatic heterocycles. The lowest BCUT2D eigenvalue weighted by molar-refractivity contribution is -0.113. The summed E-state index contributed by atoms with van der Waals surface area (Å²) >= 11 is 1.14. The SMILES string of the molecule is CC(=O)c1ccc(NC(=O)CSc2nnc3[nH]c(=O)cnn23)cc1. The zero-order valence-electron chi connectivity index (χ0n) is 12.5. The molecular formula is C14H12N6O3S. The van der Waals surface area contributed by atoms with Crippen LogP contribution in [0, 0.1) is 0 Å². The van der Waals surface area contributed by atoms with Gasteiger partial charge >= 0.3 is 0 Å². The molecular weight excluding hydrogens is 332 g/mol. The van der Waals surface area contributed by atoms with Crippen LogP contribution in [0.5, 0.6) is 0 Å². The third kappa shape index (κ3) is 3.49. The first-order chi connectivity index (χ1) is 11.5. The van der Waals surface area contributed by atoms with E-state index in [4.69, 9.17) is 0 Å². The number of Topliss-reactive ketones (excluding diaryl/α,β-unsaturated/α-hetero) is 1. The monoisotopic (exact) mass is 344 g/mol. The Morgan fingerprint density at radius 1 is 1.25 bits per heavy atom. The quantitative estimate of drug-likeness (QED) is 0.517. The van der Waals surface area contributed by atoms with Crippen molar-refractivity contribution in [2.75, 3.05) is 11.1 Å². The van der Waals surface area contributed by atoms with E-state index >= 15 is 0 Å². The molecule has 0 saturated heterocycles. The second kappa shape index (κ2) is 6.62. The van der Waals surface area contributed by atoms with Crippen LogP contribution in [0.2, 0.25) is 0 Å². The summed E-state index contributed by atoms with van der Waals surface area (Å²) in [5, 5.41) is 14.7. The van der Waals surface area contributed by atoms with Gasteiger partial charge in [-0.2, -0.15) is 9.61 Å². The van der Waals surface area contributed by atoms with Gasteiger partial charge in [0.1, 0.15) is 6.20 Å². The van der Waals surface area contributed by atoms with Crippen LogP contribution in [0.4, 0.5) is 5.69 Å². The lowest BCUT2D eigenvalue weighted by Crippen LogP contribution is -2.15. The van der Waals surface area contributed by atoms with Crippen LogP contribution < -0.4 is 10.9 Å². The number of thioether (sulfide) groups is 1. The number of benzene rings is 1. The summed E-state index contributed by atoms with van der Waals surface area (Å²) in [7, 11) is 0. The zero-order chi connectivity index (χ0) is 17.1. The molecule has 122 valence electrons. The Kier molecular flexibility index (Phi) is 4.38. The standard InChI is InChI=1S/C14H12N6O3S/c1-8(21)9-2-4-10(5-3-9)16-12(23)7-24-14-19-18-13-17-11(22)6-15-20(13)14/h2-6H,7H2,1H3,(H,16,23)(H,17,18,22). The van der Waals surface area contributed by atoms with E-state index in [9.17, 15) is 14.4 Å². The molecule has 10 heteroatoms. The van der Waals surface area contributed by atoms with Crippen LogP contribution in [0.25, 0.3) is 5.78 Å². The Morgan fingerprint density at radius 3 is 2.71 bits per heavy atom. The predicted octanol–water partition coefficient (Wildman–Crippen LogP) is 0.746. The smallest absolute Gasteiger partial charge is 0.271 e. The molecule has 0 saturated carbocycles. The van der Waals surface area contributed by atoms with Crippen molar-refractivity contribution < 1.29 is 9.59 Å². The molecule has 1 aromatic carbocycles. The summed E-state index contributed by atoms with van der Waals surface area (Å²) in [6, 6.07) is 6.63. The Hall–Kier alpha value is -3.01. The molecule has 0 aliphatic heterocycles. The van der Waals surface area contributed by atoms with Gasteiger partial charge in [-0.1, -0.05) is 11.8 Å². The van der Waals surface area contributed by atoms with E-state index in [1.807, 2.05) is 0 Å². The van der Waals surface area contributed by atoms with Crippen molar-refractivity contribution in [1.82, 2.24) is 24.8 Å². The Balaban J connectivity index is 1.62. The van der Waals surface area contributed by atoms with E-state index in [0.717, 1.165) is 18.0 Å². The highest BCUT2D eigenvalue weighted by Crippen LogP contribution is 2.15. The fraction of sp³-hybridized carbons (Fsp3) is 0.143. The lowest BCUT2D eigenvalue weighted by atomic mass is 10.1. The summed E-state index contributed by atoms with van der Waals surface area (Å²) < 4.78 is 1.35. The van der Waals surface area contributed by atoms with Gasteiger partial charge in [0, 0.05) is 11.3 Å². The largest absolute Gasteiger partial charge is 0.325 e. The normalized spacial score (nSPS) is 10.7. The Labute approximate surface area is 139 Å². The number of carbonyl (C=O) groups is 2. The molecule has 24 heavy (non-hydrogen) atoms. The fourth-order valence-corrected chi connectivity index (χ4v) is 2.59. The molecule has 3 aromatic rings. The van der Waals surface area contributed by atoms with Gasteiger partial charge in [-0.15, -0.1) is 10.2 Å². The molecule has 2 heterocycles. The average molecular weight is 344 g/mol. The van der Waals surface area contributed by atoms with E-state index in [-0.39, 0.29) is 28.8 Å². The number of nitrogens with one attached hydrogen (secondary N) is 2. The van der Waals surface area contributed by atoms with Crippen LogP contribution in [-0.4, -0.2) is 42.2 Å². The van der Waals surface area contributed by atoms with Gasteiger partial charge in [0.2, 0.25) is 11.1 Å². The fourth-order valence-electron chi connectivity index (χ4n) is 1.91. The summed E-state index contributed by atoms with van der Waals surface area (Å²) in [5.74, 6) is 0.0328. The number of fused-ring (bicyclic) bond motifs is 1. The first-order valence-electron chi connectivity index (χ1n) is 6.87. The second-order valence-electron chi connectivity index (χ2n) is 4.82. The van der Waals surface area contributed by atoms with Gasteiger partial charge in [0.05, 0.1) is 5.75 Å². The lowest BCUT2D eigenvalue weighted by Gasteiger charge is -2.05. The number of carbonyl (C=O) groups excluding carboxylic acids is 2. The van der Waals surface area contributed by atoms with E-state index in [1.165, 1.54) is 11.4 Å². The minimum absolute atomic E-state index is 0.0346. The molecule has 0 aliphatic rings. The van der Waals surface area contributed by atoms with Crippen molar-refractivity contribution in [3.05, 3.63) is 46.4 Å². The summed E-state index contributed by atoms with van der Waals surface area (Å²) in [6.07, 6.45) is 1.11. The average Bonchev–Trinajstić information content (AvgIpc) is 2.95. The predicted molar refractivity (Wildman–Crippen MR) is 87.2 cm³/mol. The number of H-pyrrole nitrogens is 1. The molecule has 0 fully saturated rings. The van der Waals surface area contributed by atoms with Gasteiger partial charge in [0.15, 0.2) is 5.78 Å². The molecule has 0 atom stereocenters. The maximum absolute atomic E-state index is 12.0. The summed E-state index contributed by atoms with van der Waals surface area (Å²) in [6.45, 7) is 1.48. The maximum Gasteiger partial charge on any atom is 0.271 e. The number of nitrogens with zero attached hydrogens (tertiary/aromatic N) is 4. The first kappa shape index (κ1) is 15.9. The first-order valence-corrected chi connectivity index (χ1v) is 7.86. The maximum atomic E-state index is 12.0. The number of hydrogen-bond acceptors (Lipinski definition) is 7. The van der Waals surface area contributed by atoms with Crippen molar-refractivity contribution in [1.29, 1.82) is 0 Å². The number of hydrogen-bond donors (Lipinski definition) is 2. The Bertz CT molecular complexity index is 963. The van der Waals surface area contributed by atoms with Crippen molar-refractivity contribution in [2.45, 2.75) is 12.1 Å². The third-order valence-corrected chi connectivity index (χ3v) is 3.96. The van der Waals surface area contributed by atoms with Crippen molar-refractivity contribution in [2.24, 2.45) is 0 Å². The van der Waals surface area contributed by atoms with Crippen LogP contribution in [0.3, 0.4) is 0 Å². The highest BCUT2D eigenvalue weighted by Gasteiger charge is 2.11. The van der Waals surface area contributed by atoms with Gasteiger partial charge in [-0.3, -0.25) is 19.4 Å². The van der Waals surface area contributed by atoms with E-state index < -0.39 is 0 Å². The molecule has 2 N–H and O–H groups in total. The van der Waals surface area contributed by atoms with Crippen LogP contribution in [0.15, 0.2) is 40.4 Å². The number of amides is 1. The van der Waals surface area contributed by atoms with E-state index in [2.05, 4.69) is 25.6 Å². The number of anilines is 1. The molecule has 0 bridgehead atoms. The molecule has 0 unspecified atom stereocenters. The summed E-state index contributed by atoms with van der Waals surface area (Å²) in [4.78, 5) is 36.8. The molecule has 1 amide bonds. The highest BCUT2D eigenvalue weighted by atomic mass is 32.2. The Morgan fingerprint density at radius 2 is 2.00 bits per heavy atom. The highest BCUT2D eigenvalue weighted by molar-refractivity contribution is 7.99. The number of rotatable bonds is 5. The van der Waals surface area contributed by atoms with Gasteiger partial charge in [-0.05, 0) is 31.2 Å². The minimum Gasteiger partial charge on any atom is -0.325 e. The minimum atomic E-state index is -0.377. The molecule has 9 nitrogen and oxygen atoms in total. The van der Waals surface area contributed by atoms with Crippen LogP contribution in [-0.2, 0) is 4.79 Å². The van der Waals surface area contributed by atoms with Gasteiger partial charge in [-0.25, -0.2) is 0 Å².